The molecule has 10 aromatic carbocycles. The van der Waals surface area contributed by atoms with Gasteiger partial charge in [-0.25, -0.2) is 27.0 Å². The van der Waals surface area contributed by atoms with Gasteiger partial charge in [-0.3, -0.25) is 0 Å². The fourth-order valence-electron chi connectivity index (χ4n) is 32.7. The second kappa shape index (κ2) is 32.8. The van der Waals surface area contributed by atoms with Gasteiger partial charge in [-0.2, -0.15) is 0 Å². The lowest BCUT2D eigenvalue weighted by atomic mass is 9.48. The Morgan fingerprint density at radius 1 is 0.227 bits per heavy atom. The fourth-order valence-corrected chi connectivity index (χ4v) is 32.7. The summed E-state index contributed by atoms with van der Waals surface area (Å²) in [5.41, 5.74) is 33.5. The van der Waals surface area contributed by atoms with Crippen molar-refractivity contribution in [3.8, 4) is 67.3 Å². The van der Waals surface area contributed by atoms with Crippen molar-refractivity contribution in [2.45, 2.75) is 245 Å². The Bertz CT molecular complexity index is 6830. The third kappa shape index (κ3) is 14.8. The van der Waals surface area contributed by atoms with Gasteiger partial charge in [-0.1, -0.05) is 127 Å². The van der Waals surface area contributed by atoms with E-state index in [1.165, 1.54) is 270 Å². The summed E-state index contributed by atoms with van der Waals surface area (Å²) in [6.07, 6.45) is 43.6. The van der Waals surface area contributed by atoms with E-state index in [2.05, 4.69) is 295 Å². The van der Waals surface area contributed by atoms with E-state index in [4.69, 9.17) is 0 Å². The molecule has 0 aliphatic heterocycles. The molecule has 4 heterocycles. The van der Waals surface area contributed by atoms with E-state index in [-0.39, 0.29) is 11.6 Å². The molecule has 0 radical (unpaired) electrons. The molecule has 0 N–H and O–H groups in total. The number of fused-ring (bicyclic) bond motifs is 4. The molecule has 16 aliphatic rings. The molecule has 0 unspecified atom stereocenters. The fraction of sp³-hybridized carbons (Fsp3) is 0.429. The van der Waals surface area contributed by atoms with Crippen LogP contribution in [0.25, 0.3) is 110 Å². The van der Waals surface area contributed by atoms with Crippen LogP contribution in [0.3, 0.4) is 0 Å². The van der Waals surface area contributed by atoms with Crippen LogP contribution < -0.4 is 18.3 Å². The molecular formula is C126H138F2N4+4. The standard InChI is InChI=1S/C35H38N.C33H34N.2C29H33FN/c1-22-6-5-7-23(2)33(22)29-8-10-31(24(3)14-29)34-32-11-9-30(18-28(32)12-13-36(34)4)35-19-25-15-26(20-35)17-27(16-25)21-35;1-22-14-27(26-6-4-3-5-7-26)8-10-30(22)32-31-11-9-29(18-28(31)12-13-34(32)2)33-19-23-15-24(20-33)17-25(16-23)21-33;1-17-9-26(18(2)19(3)27(17)30)28-25-6-5-24(13-23(25)7-8-31(28)4)29-14-20-10-21(15-29)12-22(11-20)16-29;1-17-9-18(2)27(30)26(19(17)3)28-25-6-5-24(13-23(25)7-8-31(28)4)29-14-20-10-21(15-29)12-22(11-20)16-29/h5-14,18,25-27H,15-17,19-21H2,1-4H3;3-14,18,23-25H,15-17,19-21H2,1-2H3;2*5-9,13,20-22H,10-12,14-16H2,1-4H3/q4*+1. The molecule has 4 aromatic heterocycles. The largest absolute Gasteiger partial charge is 0.223 e. The Hall–Kier alpha value is -10.3. The predicted molar refractivity (Wildman–Crippen MR) is 540 cm³/mol. The molecule has 0 amide bonds. The Morgan fingerprint density at radius 2 is 0.538 bits per heavy atom. The SMILES string of the molecule is Cc1cc(-c2c(C)cccc2C)ccc1-c1c2ccc(C34CC5CC(CC(C5)C3)C4)cc2cc[n+]1C.Cc1cc(-c2c3ccc(C45CC6CC(CC(C6)C4)C5)cc3cc[n+]2C)c(C)c(C)c1F.Cc1cc(-c2ccccc2)ccc1-c1c2ccc(C34CC5CC(CC(C5)C3)C4)cc2cc[n+]1C.Cc1cc(C)c(F)c(-c2c3ccc(C45CC6CC(CC(C6)C4)C5)cc3cc[n+]2C)c1C. The van der Waals surface area contributed by atoms with E-state index in [0.29, 0.717) is 21.7 Å². The normalized spacial score (nSPS) is 28.0. The summed E-state index contributed by atoms with van der Waals surface area (Å²) in [6.45, 7) is 20.8. The van der Waals surface area contributed by atoms with Crippen LogP contribution in [0.1, 0.15) is 232 Å². The first-order valence-electron chi connectivity index (χ1n) is 51.3. The van der Waals surface area contributed by atoms with Crippen molar-refractivity contribution in [1.29, 1.82) is 0 Å². The van der Waals surface area contributed by atoms with E-state index in [9.17, 15) is 4.39 Å². The molecule has 16 saturated carbocycles. The van der Waals surface area contributed by atoms with Crippen molar-refractivity contribution in [2.75, 3.05) is 0 Å². The third-order valence-corrected chi connectivity index (χ3v) is 37.5. The zero-order valence-corrected chi connectivity index (χ0v) is 81.2. The van der Waals surface area contributed by atoms with E-state index in [0.717, 1.165) is 127 Å². The van der Waals surface area contributed by atoms with E-state index in [1.54, 1.807) is 16.7 Å². The quantitative estimate of drug-likeness (QED) is 0.121. The van der Waals surface area contributed by atoms with Crippen LogP contribution >= 0.6 is 0 Å². The van der Waals surface area contributed by atoms with Crippen LogP contribution in [0, 0.1) is 152 Å². The average molecular weight is 1750 g/mol. The van der Waals surface area contributed by atoms with Crippen LogP contribution in [0.2, 0.25) is 0 Å². The molecule has 0 spiro atoms. The minimum absolute atomic E-state index is 0.0757. The number of pyridine rings is 4. The summed E-state index contributed by atoms with van der Waals surface area (Å²) >= 11 is 0. The lowest BCUT2D eigenvalue weighted by molar-refractivity contribution is -0.659. The summed E-state index contributed by atoms with van der Waals surface area (Å²) in [7, 11) is 8.53. The van der Waals surface area contributed by atoms with Crippen LogP contribution in [0.4, 0.5) is 8.78 Å². The molecule has 0 saturated heterocycles. The van der Waals surface area contributed by atoms with Gasteiger partial charge < -0.3 is 0 Å². The van der Waals surface area contributed by atoms with Crippen LogP contribution in [0.5, 0.6) is 0 Å². The summed E-state index contributed by atoms with van der Waals surface area (Å²) in [4.78, 5) is 0. The topological polar surface area (TPSA) is 15.5 Å². The molecule has 0 atom stereocenters. The average Bonchev–Trinajstić information content (AvgIpc) is 0.734. The predicted octanol–water partition coefficient (Wildman–Crippen LogP) is 29.9. The highest BCUT2D eigenvalue weighted by molar-refractivity contribution is 5.98. The van der Waals surface area contributed by atoms with E-state index >= 15 is 4.39 Å². The molecule has 14 aromatic rings. The smallest absolute Gasteiger partial charge is 0.206 e. The number of aryl methyl sites for hydroxylation is 11. The zero-order chi connectivity index (χ0) is 90.4. The van der Waals surface area contributed by atoms with Gasteiger partial charge in [0, 0.05) is 35.4 Å². The van der Waals surface area contributed by atoms with E-state index < -0.39 is 0 Å². The maximum atomic E-state index is 15.4. The molecule has 6 heteroatoms. The van der Waals surface area contributed by atoms with Crippen LogP contribution in [-0.2, 0) is 49.9 Å². The molecule has 16 bridgehead atoms. The summed E-state index contributed by atoms with van der Waals surface area (Å²) in [5, 5.41) is 10.5. The highest BCUT2D eigenvalue weighted by atomic mass is 19.1. The number of hydrogen-bond acceptors (Lipinski definition) is 0. The number of aromatic nitrogens is 4. The molecular weight excluding hydrogens is 1610 g/mol. The lowest BCUT2D eigenvalue weighted by Gasteiger charge is -2.57. The number of nitrogens with zero attached hydrogens (tertiary/aromatic N) is 4. The van der Waals surface area contributed by atoms with Crippen molar-refractivity contribution >= 4 is 43.1 Å². The maximum absolute atomic E-state index is 15.4. The number of rotatable bonds is 10. The molecule has 16 fully saturated rings. The molecule has 30 rings (SSSR count). The van der Waals surface area contributed by atoms with Crippen molar-refractivity contribution in [3.05, 3.63) is 308 Å². The Labute approximate surface area is 784 Å². The number of halogens is 2. The number of benzene rings is 10. The maximum Gasteiger partial charge on any atom is 0.223 e. The van der Waals surface area contributed by atoms with Crippen molar-refractivity contribution in [2.24, 2.45) is 99.2 Å². The van der Waals surface area contributed by atoms with Crippen molar-refractivity contribution < 1.29 is 27.0 Å². The minimum Gasteiger partial charge on any atom is -0.206 e. The monoisotopic (exact) mass is 1750 g/mol. The second-order valence-electron chi connectivity index (χ2n) is 46.4. The first-order valence-corrected chi connectivity index (χ1v) is 51.3. The first kappa shape index (κ1) is 85.9. The van der Waals surface area contributed by atoms with Crippen molar-refractivity contribution in [3.63, 3.8) is 0 Å². The Morgan fingerprint density at radius 3 is 0.886 bits per heavy atom. The van der Waals surface area contributed by atoms with Gasteiger partial charge >= 0.3 is 0 Å². The van der Waals surface area contributed by atoms with Crippen molar-refractivity contribution in [1.82, 2.24) is 0 Å². The van der Waals surface area contributed by atoms with Gasteiger partial charge in [0.05, 0.1) is 32.7 Å². The minimum atomic E-state index is -0.0867. The van der Waals surface area contributed by atoms with E-state index in [1.807, 2.05) is 40.0 Å². The molecule has 132 heavy (non-hydrogen) atoms. The number of hydrogen-bond donors (Lipinski definition) is 0. The van der Waals surface area contributed by atoms with Gasteiger partial charge in [0.15, 0.2) is 24.8 Å². The Balaban J connectivity index is 0.000000100. The lowest BCUT2D eigenvalue weighted by Crippen LogP contribution is -2.48. The third-order valence-electron chi connectivity index (χ3n) is 37.5. The van der Waals surface area contributed by atoms with Gasteiger partial charge in [0.1, 0.15) is 39.8 Å². The molecule has 4 nitrogen and oxygen atoms in total. The first-order chi connectivity index (χ1) is 63.7. The second-order valence-corrected chi connectivity index (χ2v) is 46.4. The summed E-state index contributed by atoms with van der Waals surface area (Å²) < 4.78 is 38.8. The van der Waals surface area contributed by atoms with Gasteiger partial charge in [-0.05, 0) is 480 Å². The Kier molecular flexibility index (Phi) is 21.3. The highest BCUT2D eigenvalue weighted by Crippen LogP contribution is 2.66. The zero-order valence-electron chi connectivity index (χ0n) is 81.2. The van der Waals surface area contributed by atoms with Crippen LogP contribution in [-0.4, -0.2) is 0 Å². The molecule has 16 aliphatic carbocycles. The summed E-state index contributed by atoms with van der Waals surface area (Å²) in [6, 6.07) is 73.8. The van der Waals surface area contributed by atoms with Gasteiger partial charge in [0.2, 0.25) is 22.8 Å². The van der Waals surface area contributed by atoms with Gasteiger partial charge in [-0.15, -0.1) is 0 Å². The highest BCUT2D eigenvalue weighted by Gasteiger charge is 2.56. The molecule has 672 valence electrons. The van der Waals surface area contributed by atoms with Crippen LogP contribution in [0.15, 0.2) is 219 Å². The van der Waals surface area contributed by atoms with Gasteiger partial charge in [0.25, 0.3) is 0 Å². The summed E-state index contributed by atoms with van der Waals surface area (Å²) in [5.74, 6) is 11.4.